The van der Waals surface area contributed by atoms with Gasteiger partial charge in [0.25, 0.3) is 5.91 Å². The molecule has 3 rings (SSSR count). The number of carbonyl (C=O) groups is 1. The Kier molecular flexibility index (Phi) is 6.51. The number of benzene rings is 2. The van der Waals surface area contributed by atoms with E-state index in [-0.39, 0.29) is 29.5 Å². The molecule has 2 atom stereocenters. The molecule has 29 heavy (non-hydrogen) atoms. The molecule has 1 heterocycles. The molecule has 1 saturated heterocycles. The lowest BCUT2D eigenvalue weighted by molar-refractivity contribution is -0.118. The molecule has 1 N–H and O–H groups in total. The van der Waals surface area contributed by atoms with Crippen molar-refractivity contribution in [2.75, 3.05) is 25.0 Å². The van der Waals surface area contributed by atoms with Gasteiger partial charge in [0, 0.05) is 24.8 Å². The first kappa shape index (κ1) is 21.2. The van der Waals surface area contributed by atoms with Gasteiger partial charge in [-0.2, -0.15) is 4.31 Å². The zero-order valence-electron chi connectivity index (χ0n) is 16.2. The van der Waals surface area contributed by atoms with E-state index in [2.05, 4.69) is 5.32 Å². The van der Waals surface area contributed by atoms with Gasteiger partial charge in [-0.3, -0.25) is 4.79 Å². The van der Waals surface area contributed by atoms with Crippen molar-refractivity contribution in [3.63, 3.8) is 0 Å². The Morgan fingerprint density at radius 3 is 2.45 bits per heavy atom. The molecular formula is C20H23FN2O5S. The topological polar surface area (TPSA) is 84.9 Å². The third-order valence-electron chi connectivity index (χ3n) is 4.33. The molecule has 0 aromatic heterocycles. The average Bonchev–Trinajstić information content (AvgIpc) is 2.66. The van der Waals surface area contributed by atoms with E-state index in [0.717, 1.165) is 0 Å². The van der Waals surface area contributed by atoms with Crippen LogP contribution in [0.1, 0.15) is 13.8 Å². The maximum absolute atomic E-state index is 13.1. The normalized spacial score (nSPS) is 20.2. The predicted octanol–water partition coefficient (Wildman–Crippen LogP) is 2.64. The van der Waals surface area contributed by atoms with Crippen molar-refractivity contribution >= 4 is 21.6 Å². The summed E-state index contributed by atoms with van der Waals surface area (Å²) in [6.07, 6.45) is -0.352. The molecule has 0 radical (unpaired) electrons. The quantitative estimate of drug-likeness (QED) is 0.774. The van der Waals surface area contributed by atoms with Gasteiger partial charge in [-0.25, -0.2) is 12.8 Å². The summed E-state index contributed by atoms with van der Waals surface area (Å²) >= 11 is 0. The summed E-state index contributed by atoms with van der Waals surface area (Å²) in [7, 11) is -3.64. The first-order valence-corrected chi connectivity index (χ1v) is 10.6. The number of hydrogen-bond donors (Lipinski definition) is 1. The lowest BCUT2D eigenvalue weighted by Gasteiger charge is -2.34. The first-order chi connectivity index (χ1) is 13.7. The highest BCUT2D eigenvalue weighted by Crippen LogP contribution is 2.22. The van der Waals surface area contributed by atoms with Crippen LogP contribution in [0, 0.1) is 5.82 Å². The number of rotatable bonds is 6. The third kappa shape index (κ3) is 5.53. The van der Waals surface area contributed by atoms with Crippen LogP contribution >= 0.6 is 0 Å². The number of hydrogen-bond acceptors (Lipinski definition) is 5. The standard InChI is InChI=1S/C20H23FN2O5S/c1-14-11-23(12-15(2)28-14)29(25,26)19-8-6-17(7-9-19)22-20(24)13-27-18-5-3-4-16(21)10-18/h3-10,14-15H,11-13H2,1-2H3,(H,22,24)/t14-,15+. The lowest BCUT2D eigenvalue weighted by Crippen LogP contribution is -2.48. The fraction of sp³-hybridized carbons (Fsp3) is 0.350. The van der Waals surface area contributed by atoms with E-state index in [1.807, 2.05) is 13.8 Å². The monoisotopic (exact) mass is 422 g/mol. The Bertz CT molecular complexity index is 955. The molecule has 0 unspecified atom stereocenters. The molecule has 1 amide bonds. The second-order valence-electron chi connectivity index (χ2n) is 6.90. The summed E-state index contributed by atoms with van der Waals surface area (Å²) in [6.45, 7) is 3.96. The number of nitrogens with one attached hydrogen (secondary N) is 1. The van der Waals surface area contributed by atoms with Crippen LogP contribution in [0.2, 0.25) is 0 Å². The van der Waals surface area contributed by atoms with Crippen LogP contribution in [-0.4, -0.2) is 50.5 Å². The predicted molar refractivity (Wildman–Crippen MR) is 106 cm³/mol. The lowest BCUT2D eigenvalue weighted by atomic mass is 10.3. The molecule has 2 aromatic rings. The van der Waals surface area contributed by atoms with Crippen molar-refractivity contribution in [2.45, 2.75) is 31.0 Å². The number of anilines is 1. The van der Waals surface area contributed by atoms with E-state index < -0.39 is 21.7 Å². The number of morpholine rings is 1. The van der Waals surface area contributed by atoms with Crippen molar-refractivity contribution in [1.29, 1.82) is 0 Å². The van der Waals surface area contributed by atoms with Crippen LogP contribution in [0.3, 0.4) is 0 Å². The van der Waals surface area contributed by atoms with E-state index >= 15 is 0 Å². The molecule has 1 aliphatic heterocycles. The number of carbonyl (C=O) groups excluding carboxylic acids is 1. The Hall–Kier alpha value is -2.49. The third-order valence-corrected chi connectivity index (χ3v) is 6.17. The number of sulfonamides is 1. The Balaban J connectivity index is 1.60. The summed E-state index contributed by atoms with van der Waals surface area (Å²) in [6, 6.07) is 11.4. The SMILES string of the molecule is C[C@@H]1CN(S(=O)(=O)c2ccc(NC(=O)COc3cccc(F)c3)cc2)C[C@H](C)O1. The van der Waals surface area contributed by atoms with Crippen molar-refractivity contribution in [1.82, 2.24) is 4.31 Å². The molecule has 9 heteroatoms. The molecule has 1 aliphatic rings. The van der Waals surface area contributed by atoms with Gasteiger partial charge < -0.3 is 14.8 Å². The first-order valence-electron chi connectivity index (χ1n) is 9.18. The molecule has 0 saturated carbocycles. The van der Waals surface area contributed by atoms with Gasteiger partial charge in [0.2, 0.25) is 10.0 Å². The summed E-state index contributed by atoms with van der Waals surface area (Å²) in [5.41, 5.74) is 0.431. The minimum absolute atomic E-state index is 0.146. The molecule has 7 nitrogen and oxygen atoms in total. The molecule has 2 aromatic carbocycles. The van der Waals surface area contributed by atoms with Gasteiger partial charge in [-0.15, -0.1) is 0 Å². The molecule has 0 bridgehead atoms. The van der Waals surface area contributed by atoms with Gasteiger partial charge in [0.05, 0.1) is 17.1 Å². The average molecular weight is 422 g/mol. The highest BCUT2D eigenvalue weighted by Gasteiger charge is 2.32. The highest BCUT2D eigenvalue weighted by atomic mass is 32.2. The zero-order chi connectivity index (χ0) is 21.0. The fourth-order valence-electron chi connectivity index (χ4n) is 3.09. The number of ether oxygens (including phenoxy) is 2. The molecule has 156 valence electrons. The molecule has 0 spiro atoms. The van der Waals surface area contributed by atoms with Gasteiger partial charge in [0.1, 0.15) is 11.6 Å². The van der Waals surface area contributed by atoms with Crippen LogP contribution in [0.5, 0.6) is 5.75 Å². The van der Waals surface area contributed by atoms with Crippen LogP contribution in [0.25, 0.3) is 0 Å². The van der Waals surface area contributed by atoms with E-state index in [0.29, 0.717) is 18.8 Å². The molecular weight excluding hydrogens is 399 g/mol. The zero-order valence-corrected chi connectivity index (χ0v) is 17.0. The maximum atomic E-state index is 13.1. The number of halogens is 1. The van der Waals surface area contributed by atoms with Gasteiger partial charge in [0.15, 0.2) is 6.61 Å². The van der Waals surface area contributed by atoms with Crippen molar-refractivity contribution in [3.05, 3.63) is 54.3 Å². The van der Waals surface area contributed by atoms with E-state index in [1.165, 1.54) is 46.8 Å². The van der Waals surface area contributed by atoms with Crippen molar-refractivity contribution < 1.29 is 27.1 Å². The Morgan fingerprint density at radius 2 is 1.83 bits per heavy atom. The van der Waals surface area contributed by atoms with Gasteiger partial charge in [-0.1, -0.05) is 6.07 Å². The second-order valence-corrected chi connectivity index (χ2v) is 8.84. The Morgan fingerprint density at radius 1 is 1.17 bits per heavy atom. The summed E-state index contributed by atoms with van der Waals surface area (Å²) in [5.74, 6) is -0.653. The minimum Gasteiger partial charge on any atom is -0.484 e. The number of nitrogens with zero attached hydrogens (tertiary/aromatic N) is 1. The summed E-state index contributed by atoms with van der Waals surface area (Å²) < 4.78 is 51.0. The minimum atomic E-state index is -3.64. The van der Waals surface area contributed by atoms with Gasteiger partial charge >= 0.3 is 0 Å². The van der Waals surface area contributed by atoms with Crippen LogP contribution in [-0.2, 0) is 19.6 Å². The fourth-order valence-corrected chi connectivity index (χ4v) is 4.68. The smallest absolute Gasteiger partial charge is 0.262 e. The maximum Gasteiger partial charge on any atom is 0.262 e. The number of amides is 1. The van der Waals surface area contributed by atoms with Gasteiger partial charge in [-0.05, 0) is 50.2 Å². The van der Waals surface area contributed by atoms with Crippen LogP contribution in [0.4, 0.5) is 10.1 Å². The van der Waals surface area contributed by atoms with Crippen molar-refractivity contribution in [3.8, 4) is 5.75 Å². The van der Waals surface area contributed by atoms with E-state index in [1.54, 1.807) is 6.07 Å². The van der Waals surface area contributed by atoms with E-state index in [9.17, 15) is 17.6 Å². The van der Waals surface area contributed by atoms with Crippen LogP contribution in [0.15, 0.2) is 53.4 Å². The molecule has 1 fully saturated rings. The van der Waals surface area contributed by atoms with Crippen molar-refractivity contribution in [2.24, 2.45) is 0 Å². The Labute approximate surface area is 169 Å². The van der Waals surface area contributed by atoms with E-state index in [4.69, 9.17) is 9.47 Å². The second kappa shape index (κ2) is 8.89. The summed E-state index contributed by atoms with van der Waals surface area (Å²) in [4.78, 5) is 12.1. The highest BCUT2D eigenvalue weighted by molar-refractivity contribution is 7.89. The summed E-state index contributed by atoms with van der Waals surface area (Å²) in [5, 5.41) is 2.61. The molecule has 0 aliphatic carbocycles. The van der Waals surface area contributed by atoms with Crippen LogP contribution < -0.4 is 10.1 Å². The largest absolute Gasteiger partial charge is 0.484 e.